The van der Waals surface area contributed by atoms with Crippen LogP contribution in [0, 0.1) is 23.0 Å². The van der Waals surface area contributed by atoms with E-state index >= 15 is 0 Å². The van der Waals surface area contributed by atoms with Gasteiger partial charge in [0.2, 0.25) is 0 Å². The molecular formula is C14H10BF2NO3. The maximum Gasteiger partial charge on any atom is 0.488 e. The number of rotatable bonds is 4. The lowest BCUT2D eigenvalue weighted by Crippen LogP contribution is -2.29. The van der Waals surface area contributed by atoms with Crippen molar-refractivity contribution in [3.05, 3.63) is 59.2 Å². The van der Waals surface area contributed by atoms with E-state index in [1.54, 1.807) is 6.07 Å². The second-order valence-electron chi connectivity index (χ2n) is 4.31. The van der Waals surface area contributed by atoms with Crippen molar-refractivity contribution in [2.45, 2.75) is 6.61 Å². The molecule has 0 atom stereocenters. The van der Waals surface area contributed by atoms with Crippen molar-refractivity contribution in [1.82, 2.24) is 0 Å². The number of ether oxygens (including phenoxy) is 1. The van der Waals surface area contributed by atoms with Crippen molar-refractivity contribution in [2.24, 2.45) is 0 Å². The minimum Gasteiger partial charge on any atom is -0.486 e. The highest BCUT2D eigenvalue weighted by molar-refractivity contribution is 6.58. The van der Waals surface area contributed by atoms with Crippen LogP contribution >= 0.6 is 0 Å². The Morgan fingerprint density at radius 3 is 2.57 bits per heavy atom. The molecule has 2 N–H and O–H groups in total. The van der Waals surface area contributed by atoms with Crippen molar-refractivity contribution in [3.63, 3.8) is 0 Å². The van der Waals surface area contributed by atoms with E-state index < -0.39 is 18.8 Å². The van der Waals surface area contributed by atoms with E-state index in [0.29, 0.717) is 5.56 Å². The standard InChI is InChI=1S/C14H10BF2NO3/c16-12-4-9(7-18)3-10(5-12)8-21-14-6-11(15(19)20)1-2-13(14)17/h1-6,19-20H,8H2. The number of halogens is 2. The van der Waals surface area contributed by atoms with E-state index in [2.05, 4.69) is 0 Å². The van der Waals surface area contributed by atoms with Crippen LogP contribution in [0.1, 0.15) is 11.1 Å². The van der Waals surface area contributed by atoms with Crippen molar-refractivity contribution < 1.29 is 23.6 Å². The molecule has 2 aromatic rings. The van der Waals surface area contributed by atoms with Crippen LogP contribution in [0.3, 0.4) is 0 Å². The topological polar surface area (TPSA) is 73.5 Å². The van der Waals surface area contributed by atoms with Gasteiger partial charge in [-0.1, -0.05) is 6.07 Å². The fourth-order valence-corrected chi connectivity index (χ4v) is 1.75. The summed E-state index contributed by atoms with van der Waals surface area (Å²) in [5.74, 6) is -1.47. The lowest BCUT2D eigenvalue weighted by molar-refractivity contribution is 0.290. The second-order valence-corrected chi connectivity index (χ2v) is 4.31. The Bertz CT molecular complexity index is 701. The molecule has 0 radical (unpaired) electrons. The summed E-state index contributed by atoms with van der Waals surface area (Å²) in [5.41, 5.74) is 0.567. The SMILES string of the molecule is N#Cc1cc(F)cc(COc2cc(B(O)O)ccc2F)c1. The number of nitriles is 1. The molecule has 0 spiro atoms. The van der Waals surface area contributed by atoms with E-state index in [1.165, 1.54) is 18.2 Å². The summed E-state index contributed by atoms with van der Waals surface area (Å²) in [5, 5.41) is 26.8. The predicted octanol–water partition coefficient (Wildman–Crippen LogP) is 1.10. The summed E-state index contributed by atoms with van der Waals surface area (Å²) in [6.45, 7) is -0.158. The summed E-state index contributed by atoms with van der Waals surface area (Å²) in [4.78, 5) is 0. The summed E-state index contributed by atoms with van der Waals surface area (Å²) in [7, 11) is -1.74. The Kier molecular flexibility index (Phi) is 4.53. The van der Waals surface area contributed by atoms with Gasteiger partial charge in [0.05, 0.1) is 11.6 Å². The lowest BCUT2D eigenvalue weighted by atomic mass is 9.80. The molecule has 0 saturated heterocycles. The molecule has 0 amide bonds. The number of nitrogens with zero attached hydrogens (tertiary/aromatic N) is 1. The zero-order chi connectivity index (χ0) is 15.4. The maximum atomic E-state index is 13.5. The molecule has 7 heteroatoms. The van der Waals surface area contributed by atoms with Gasteiger partial charge in [0.1, 0.15) is 12.4 Å². The Labute approximate surface area is 120 Å². The molecular weight excluding hydrogens is 279 g/mol. The highest BCUT2D eigenvalue weighted by Gasteiger charge is 2.14. The Morgan fingerprint density at radius 1 is 1.14 bits per heavy atom. The van der Waals surface area contributed by atoms with Crippen LogP contribution in [-0.2, 0) is 6.61 Å². The van der Waals surface area contributed by atoms with Gasteiger partial charge in [0.25, 0.3) is 0 Å². The fourth-order valence-electron chi connectivity index (χ4n) is 1.75. The molecule has 2 aromatic carbocycles. The Hall–Kier alpha value is -2.43. The van der Waals surface area contributed by atoms with Crippen LogP contribution in [0.15, 0.2) is 36.4 Å². The summed E-state index contributed by atoms with van der Waals surface area (Å²) >= 11 is 0. The third kappa shape index (κ3) is 3.78. The van der Waals surface area contributed by atoms with Crippen LogP contribution in [0.4, 0.5) is 8.78 Å². The summed E-state index contributed by atoms with van der Waals surface area (Å²) in [6.07, 6.45) is 0. The first-order chi connectivity index (χ1) is 9.99. The minimum absolute atomic E-state index is 0.0726. The van der Waals surface area contributed by atoms with E-state index in [-0.39, 0.29) is 23.4 Å². The average molecular weight is 289 g/mol. The molecule has 0 fully saturated rings. The minimum atomic E-state index is -1.74. The van der Waals surface area contributed by atoms with Crippen LogP contribution < -0.4 is 10.2 Å². The van der Waals surface area contributed by atoms with Gasteiger partial charge in [0, 0.05) is 0 Å². The normalized spacial score (nSPS) is 10.0. The molecule has 0 bridgehead atoms. The molecule has 106 valence electrons. The summed E-state index contributed by atoms with van der Waals surface area (Å²) in [6, 6.07) is 8.87. The first-order valence-electron chi connectivity index (χ1n) is 5.97. The Balaban J connectivity index is 2.18. The van der Waals surface area contributed by atoms with Gasteiger partial charge in [-0.3, -0.25) is 0 Å². The largest absolute Gasteiger partial charge is 0.488 e. The molecule has 0 aliphatic rings. The maximum absolute atomic E-state index is 13.5. The fraction of sp³-hybridized carbons (Fsp3) is 0.0714. The van der Waals surface area contributed by atoms with Crippen molar-refractivity contribution in [3.8, 4) is 11.8 Å². The molecule has 0 aliphatic heterocycles. The molecule has 0 unspecified atom stereocenters. The van der Waals surface area contributed by atoms with Gasteiger partial charge >= 0.3 is 7.12 Å². The molecule has 0 saturated carbocycles. The van der Waals surface area contributed by atoms with Crippen molar-refractivity contribution >= 4 is 12.6 Å². The van der Waals surface area contributed by atoms with E-state index in [1.807, 2.05) is 0 Å². The van der Waals surface area contributed by atoms with Crippen molar-refractivity contribution in [1.29, 1.82) is 5.26 Å². The highest BCUT2D eigenvalue weighted by atomic mass is 19.1. The molecule has 0 aliphatic carbocycles. The third-order valence-corrected chi connectivity index (χ3v) is 2.73. The first-order valence-corrected chi connectivity index (χ1v) is 5.97. The number of hydrogen-bond donors (Lipinski definition) is 2. The van der Waals surface area contributed by atoms with E-state index in [4.69, 9.17) is 20.0 Å². The quantitative estimate of drug-likeness (QED) is 0.826. The molecule has 0 heterocycles. The molecule has 2 rings (SSSR count). The zero-order valence-electron chi connectivity index (χ0n) is 10.8. The zero-order valence-corrected chi connectivity index (χ0v) is 10.8. The van der Waals surface area contributed by atoms with Crippen molar-refractivity contribution in [2.75, 3.05) is 0 Å². The van der Waals surface area contributed by atoms with Gasteiger partial charge < -0.3 is 14.8 Å². The molecule has 4 nitrogen and oxygen atoms in total. The second kappa shape index (κ2) is 6.35. The van der Waals surface area contributed by atoms with E-state index in [0.717, 1.165) is 18.2 Å². The highest BCUT2D eigenvalue weighted by Crippen LogP contribution is 2.17. The van der Waals surface area contributed by atoms with Gasteiger partial charge in [-0.15, -0.1) is 0 Å². The summed E-state index contributed by atoms with van der Waals surface area (Å²) < 4.78 is 32.0. The van der Waals surface area contributed by atoms with Crippen LogP contribution in [0.25, 0.3) is 0 Å². The van der Waals surface area contributed by atoms with Crippen LogP contribution in [0.2, 0.25) is 0 Å². The van der Waals surface area contributed by atoms with Crippen LogP contribution in [0.5, 0.6) is 5.75 Å². The lowest BCUT2D eigenvalue weighted by Gasteiger charge is -2.09. The van der Waals surface area contributed by atoms with Gasteiger partial charge in [0.15, 0.2) is 11.6 Å². The third-order valence-electron chi connectivity index (χ3n) is 2.73. The predicted molar refractivity (Wildman–Crippen MR) is 71.7 cm³/mol. The van der Waals surface area contributed by atoms with Gasteiger partial charge in [-0.2, -0.15) is 5.26 Å². The van der Waals surface area contributed by atoms with E-state index in [9.17, 15) is 8.78 Å². The van der Waals surface area contributed by atoms with Crippen LogP contribution in [-0.4, -0.2) is 17.2 Å². The van der Waals surface area contributed by atoms with Gasteiger partial charge in [-0.25, -0.2) is 8.78 Å². The monoisotopic (exact) mass is 289 g/mol. The Morgan fingerprint density at radius 2 is 1.90 bits per heavy atom. The first kappa shape index (κ1) is 15.0. The number of benzene rings is 2. The average Bonchev–Trinajstić information content (AvgIpc) is 2.45. The smallest absolute Gasteiger partial charge is 0.486 e. The molecule has 21 heavy (non-hydrogen) atoms. The number of hydrogen-bond acceptors (Lipinski definition) is 4. The molecule has 0 aromatic heterocycles. The van der Waals surface area contributed by atoms with Gasteiger partial charge in [-0.05, 0) is 41.4 Å².